The standard InChI is InChI=1S/C23H19FN4O2S/c1-2-30-22(29)17-12-13-20(25-14-17)31-23-27-26-21(18-10-6-7-11-19(18)24)28(23)15-16-8-4-3-5-9-16/h3-14H,2,15H2,1H3. The number of aromatic nitrogens is 4. The van der Waals surface area contributed by atoms with Crippen LogP contribution in [0.4, 0.5) is 4.39 Å². The van der Waals surface area contributed by atoms with E-state index >= 15 is 0 Å². The van der Waals surface area contributed by atoms with Gasteiger partial charge in [-0.05, 0) is 48.5 Å². The number of carbonyl (C=O) groups is 1. The minimum absolute atomic E-state index is 0.302. The summed E-state index contributed by atoms with van der Waals surface area (Å²) in [6.45, 7) is 2.53. The van der Waals surface area contributed by atoms with Crippen molar-refractivity contribution in [1.82, 2.24) is 19.7 Å². The molecule has 4 rings (SSSR count). The van der Waals surface area contributed by atoms with E-state index < -0.39 is 5.97 Å². The number of hydrogen-bond acceptors (Lipinski definition) is 6. The lowest BCUT2D eigenvalue weighted by atomic mass is 10.2. The first kappa shape index (κ1) is 20.7. The number of carbonyl (C=O) groups excluding carboxylic acids is 1. The Morgan fingerprint density at radius 3 is 2.52 bits per heavy atom. The van der Waals surface area contributed by atoms with Crippen LogP contribution in [-0.2, 0) is 11.3 Å². The van der Waals surface area contributed by atoms with Crippen LogP contribution in [0.2, 0.25) is 0 Å². The number of rotatable bonds is 7. The van der Waals surface area contributed by atoms with E-state index in [1.807, 2.05) is 34.9 Å². The predicted molar refractivity (Wildman–Crippen MR) is 115 cm³/mol. The van der Waals surface area contributed by atoms with Crippen LogP contribution in [0.1, 0.15) is 22.8 Å². The van der Waals surface area contributed by atoms with Crippen LogP contribution in [0.3, 0.4) is 0 Å². The molecule has 2 aromatic heterocycles. The molecule has 0 saturated heterocycles. The van der Waals surface area contributed by atoms with E-state index in [2.05, 4.69) is 15.2 Å². The van der Waals surface area contributed by atoms with E-state index in [1.165, 1.54) is 24.0 Å². The fraction of sp³-hybridized carbons (Fsp3) is 0.130. The molecule has 0 spiro atoms. The molecule has 0 unspecified atom stereocenters. The van der Waals surface area contributed by atoms with E-state index in [1.54, 1.807) is 37.3 Å². The maximum absolute atomic E-state index is 14.5. The van der Waals surface area contributed by atoms with Crippen LogP contribution < -0.4 is 0 Å². The summed E-state index contributed by atoms with van der Waals surface area (Å²) in [5, 5.41) is 9.75. The van der Waals surface area contributed by atoms with Crippen LogP contribution in [0.5, 0.6) is 0 Å². The van der Waals surface area contributed by atoms with Crippen LogP contribution >= 0.6 is 11.8 Å². The van der Waals surface area contributed by atoms with Gasteiger partial charge in [-0.2, -0.15) is 0 Å². The number of ether oxygens (including phenoxy) is 1. The molecule has 156 valence electrons. The molecule has 31 heavy (non-hydrogen) atoms. The molecule has 4 aromatic rings. The van der Waals surface area contributed by atoms with Crippen molar-refractivity contribution in [3.05, 3.63) is 89.9 Å². The average molecular weight is 434 g/mol. The van der Waals surface area contributed by atoms with Gasteiger partial charge in [-0.15, -0.1) is 10.2 Å². The third-order valence-electron chi connectivity index (χ3n) is 4.46. The molecule has 8 heteroatoms. The molecular formula is C23H19FN4O2S. The zero-order chi connectivity index (χ0) is 21.6. The van der Waals surface area contributed by atoms with Crippen LogP contribution in [0.15, 0.2) is 83.1 Å². The van der Waals surface area contributed by atoms with E-state index in [0.717, 1.165) is 5.56 Å². The predicted octanol–water partition coefficient (Wildman–Crippen LogP) is 4.86. The highest BCUT2D eigenvalue weighted by molar-refractivity contribution is 7.99. The van der Waals surface area contributed by atoms with Gasteiger partial charge in [0.25, 0.3) is 0 Å². The molecule has 0 radical (unpaired) electrons. The minimum atomic E-state index is -0.416. The van der Waals surface area contributed by atoms with Crippen molar-refractivity contribution >= 4 is 17.7 Å². The molecule has 6 nitrogen and oxygen atoms in total. The number of pyridine rings is 1. The van der Waals surface area contributed by atoms with Crippen molar-refractivity contribution in [2.75, 3.05) is 6.61 Å². The van der Waals surface area contributed by atoms with Gasteiger partial charge < -0.3 is 4.74 Å². The summed E-state index contributed by atoms with van der Waals surface area (Å²) in [4.78, 5) is 16.2. The van der Waals surface area contributed by atoms with Gasteiger partial charge in [0.15, 0.2) is 11.0 Å². The summed E-state index contributed by atoms with van der Waals surface area (Å²) < 4.78 is 21.3. The second-order valence-corrected chi connectivity index (χ2v) is 7.55. The van der Waals surface area contributed by atoms with E-state index in [-0.39, 0.29) is 5.82 Å². The maximum Gasteiger partial charge on any atom is 0.339 e. The van der Waals surface area contributed by atoms with Crippen molar-refractivity contribution in [2.45, 2.75) is 23.7 Å². The molecule has 0 atom stereocenters. The first-order chi connectivity index (χ1) is 15.2. The highest BCUT2D eigenvalue weighted by atomic mass is 32.2. The van der Waals surface area contributed by atoms with Crippen LogP contribution in [0, 0.1) is 5.82 Å². The molecule has 2 aromatic carbocycles. The number of hydrogen-bond donors (Lipinski definition) is 0. The Balaban J connectivity index is 1.67. The Kier molecular flexibility index (Phi) is 6.37. The highest BCUT2D eigenvalue weighted by Gasteiger charge is 2.18. The molecule has 2 heterocycles. The largest absolute Gasteiger partial charge is 0.462 e. The lowest BCUT2D eigenvalue weighted by Crippen LogP contribution is -2.06. The van der Waals surface area contributed by atoms with Gasteiger partial charge in [0.05, 0.1) is 24.3 Å². The van der Waals surface area contributed by atoms with Gasteiger partial charge in [-0.1, -0.05) is 42.5 Å². The van der Waals surface area contributed by atoms with E-state index in [0.29, 0.717) is 40.3 Å². The maximum atomic E-state index is 14.5. The fourth-order valence-corrected chi connectivity index (χ4v) is 3.76. The molecule has 0 amide bonds. The molecule has 0 aliphatic heterocycles. The second-order valence-electron chi connectivity index (χ2n) is 6.57. The summed E-state index contributed by atoms with van der Waals surface area (Å²) >= 11 is 1.29. The normalized spacial score (nSPS) is 10.8. The Labute approximate surface area is 183 Å². The van der Waals surface area contributed by atoms with Crippen molar-refractivity contribution in [3.8, 4) is 11.4 Å². The van der Waals surface area contributed by atoms with Gasteiger partial charge in [-0.3, -0.25) is 4.57 Å². The van der Waals surface area contributed by atoms with Crippen molar-refractivity contribution in [2.24, 2.45) is 0 Å². The lowest BCUT2D eigenvalue weighted by molar-refractivity contribution is 0.0525. The van der Waals surface area contributed by atoms with Crippen molar-refractivity contribution in [3.63, 3.8) is 0 Å². The Hall–Kier alpha value is -3.52. The van der Waals surface area contributed by atoms with Gasteiger partial charge in [0.1, 0.15) is 10.8 Å². The quantitative estimate of drug-likeness (QED) is 0.387. The fourth-order valence-electron chi connectivity index (χ4n) is 2.98. The lowest BCUT2D eigenvalue weighted by Gasteiger charge is -2.11. The zero-order valence-electron chi connectivity index (χ0n) is 16.7. The van der Waals surface area contributed by atoms with Gasteiger partial charge in [0.2, 0.25) is 0 Å². The van der Waals surface area contributed by atoms with Crippen LogP contribution in [0.25, 0.3) is 11.4 Å². The number of benzene rings is 2. The summed E-state index contributed by atoms with van der Waals surface area (Å²) in [6, 6.07) is 19.7. The number of halogens is 1. The topological polar surface area (TPSA) is 69.9 Å². The smallest absolute Gasteiger partial charge is 0.339 e. The van der Waals surface area contributed by atoms with Gasteiger partial charge in [-0.25, -0.2) is 14.2 Å². The zero-order valence-corrected chi connectivity index (χ0v) is 17.6. The van der Waals surface area contributed by atoms with Crippen molar-refractivity contribution < 1.29 is 13.9 Å². The third kappa shape index (κ3) is 4.80. The Bertz CT molecular complexity index is 1180. The Morgan fingerprint density at radius 1 is 1.03 bits per heavy atom. The first-order valence-corrected chi connectivity index (χ1v) is 10.5. The molecule has 0 bridgehead atoms. The van der Waals surface area contributed by atoms with Crippen molar-refractivity contribution in [1.29, 1.82) is 0 Å². The minimum Gasteiger partial charge on any atom is -0.462 e. The van der Waals surface area contributed by atoms with E-state index in [4.69, 9.17) is 4.74 Å². The van der Waals surface area contributed by atoms with Gasteiger partial charge in [0, 0.05) is 6.20 Å². The molecule has 0 aliphatic rings. The first-order valence-electron chi connectivity index (χ1n) is 9.68. The molecule has 0 fully saturated rings. The summed E-state index contributed by atoms with van der Waals surface area (Å²) in [5.41, 5.74) is 1.79. The molecular weight excluding hydrogens is 415 g/mol. The average Bonchev–Trinajstić information content (AvgIpc) is 3.17. The summed E-state index contributed by atoms with van der Waals surface area (Å²) in [6.07, 6.45) is 1.47. The second kappa shape index (κ2) is 9.53. The van der Waals surface area contributed by atoms with E-state index in [9.17, 15) is 9.18 Å². The number of esters is 1. The molecule has 0 aliphatic carbocycles. The van der Waals surface area contributed by atoms with Crippen LogP contribution in [-0.4, -0.2) is 32.3 Å². The monoisotopic (exact) mass is 434 g/mol. The molecule has 0 N–H and O–H groups in total. The third-order valence-corrected chi connectivity index (χ3v) is 5.39. The summed E-state index contributed by atoms with van der Waals surface area (Å²) in [7, 11) is 0. The SMILES string of the molecule is CCOC(=O)c1ccc(Sc2nnc(-c3ccccc3F)n2Cc2ccccc2)nc1. The Morgan fingerprint density at radius 2 is 1.81 bits per heavy atom. The molecule has 0 saturated carbocycles. The summed E-state index contributed by atoms with van der Waals surface area (Å²) in [5.74, 6) is -0.342. The number of nitrogens with zero attached hydrogens (tertiary/aromatic N) is 4. The van der Waals surface area contributed by atoms with Gasteiger partial charge >= 0.3 is 5.97 Å². The highest BCUT2D eigenvalue weighted by Crippen LogP contribution is 2.30.